The molecule has 10 heteroatoms. The van der Waals surface area contributed by atoms with E-state index in [4.69, 9.17) is 15.2 Å². The first-order valence-electron chi connectivity index (χ1n) is 12.8. The molecular weight excluding hydrogens is 510 g/mol. The van der Waals surface area contributed by atoms with Crippen LogP contribution in [0.5, 0.6) is 0 Å². The van der Waals surface area contributed by atoms with Gasteiger partial charge < -0.3 is 30.4 Å². The van der Waals surface area contributed by atoms with E-state index in [1.54, 1.807) is 24.6 Å². The maximum Gasteiger partial charge on any atom is 0.333 e. The Labute approximate surface area is 236 Å². The number of esters is 1. The lowest BCUT2D eigenvalue weighted by Gasteiger charge is -2.23. The normalized spacial score (nSPS) is 12.7. The molecule has 0 aliphatic heterocycles. The maximum absolute atomic E-state index is 13.2. The number of anilines is 1. The van der Waals surface area contributed by atoms with Crippen molar-refractivity contribution in [2.75, 3.05) is 18.5 Å². The van der Waals surface area contributed by atoms with Gasteiger partial charge in [0.2, 0.25) is 5.91 Å². The summed E-state index contributed by atoms with van der Waals surface area (Å²) in [4.78, 5) is 43.0. The predicted octanol–water partition coefficient (Wildman–Crippen LogP) is 3.69. The first-order valence-corrected chi connectivity index (χ1v) is 12.8. The highest BCUT2D eigenvalue weighted by molar-refractivity contribution is 5.98. The van der Waals surface area contributed by atoms with Gasteiger partial charge in [-0.15, -0.1) is 0 Å². The van der Waals surface area contributed by atoms with Crippen molar-refractivity contribution in [1.82, 2.24) is 14.9 Å². The number of nitrogens with one attached hydrogen (secondary N) is 2. The lowest BCUT2D eigenvalue weighted by molar-refractivity contribution is -0.147. The number of nitrogens with two attached hydrogens (primary N) is 1. The Morgan fingerprint density at radius 1 is 1.00 bits per heavy atom. The SMILES string of the molecule is C.CC(C)COC(=O)C(c1ccccc1)n1cnc(NC(=O)C(COCc2ccccc2)NC(=O)C(C)(C)N)c1. The van der Waals surface area contributed by atoms with E-state index in [0.717, 1.165) is 5.56 Å². The van der Waals surface area contributed by atoms with Crippen molar-refractivity contribution in [2.45, 2.75) is 59.4 Å². The van der Waals surface area contributed by atoms with Crippen molar-refractivity contribution in [3.8, 4) is 0 Å². The molecule has 0 aliphatic rings. The fourth-order valence-corrected chi connectivity index (χ4v) is 3.54. The van der Waals surface area contributed by atoms with Gasteiger partial charge in [-0.3, -0.25) is 9.59 Å². The van der Waals surface area contributed by atoms with Crippen LogP contribution < -0.4 is 16.4 Å². The second-order valence-corrected chi connectivity index (χ2v) is 10.3. The molecule has 2 atom stereocenters. The molecule has 40 heavy (non-hydrogen) atoms. The number of carbonyl (C=O) groups is 3. The molecule has 3 rings (SSSR count). The van der Waals surface area contributed by atoms with Gasteiger partial charge in [-0.05, 0) is 30.9 Å². The lowest BCUT2D eigenvalue weighted by atomic mass is 10.1. The largest absolute Gasteiger partial charge is 0.464 e. The van der Waals surface area contributed by atoms with Gasteiger partial charge in [0.1, 0.15) is 6.04 Å². The summed E-state index contributed by atoms with van der Waals surface area (Å²) in [6.45, 7) is 7.47. The minimum absolute atomic E-state index is 0. The summed E-state index contributed by atoms with van der Waals surface area (Å²) < 4.78 is 12.8. The van der Waals surface area contributed by atoms with Gasteiger partial charge in [-0.1, -0.05) is 81.9 Å². The molecule has 0 fully saturated rings. The molecule has 0 radical (unpaired) electrons. The third-order valence-corrected chi connectivity index (χ3v) is 5.65. The zero-order valence-electron chi connectivity index (χ0n) is 22.8. The molecule has 0 saturated carbocycles. The Bertz CT molecular complexity index is 1220. The quantitative estimate of drug-likeness (QED) is 0.276. The van der Waals surface area contributed by atoms with Crippen LogP contribution in [-0.2, 0) is 30.5 Å². The van der Waals surface area contributed by atoms with Gasteiger partial charge in [0.25, 0.3) is 5.91 Å². The molecule has 2 unspecified atom stereocenters. The van der Waals surface area contributed by atoms with Gasteiger partial charge in [0, 0.05) is 6.20 Å². The van der Waals surface area contributed by atoms with Crippen LogP contribution in [0.3, 0.4) is 0 Å². The van der Waals surface area contributed by atoms with Crippen LogP contribution in [0.15, 0.2) is 73.2 Å². The van der Waals surface area contributed by atoms with Crippen molar-refractivity contribution in [3.05, 3.63) is 84.3 Å². The number of rotatable bonds is 13. The summed E-state index contributed by atoms with van der Waals surface area (Å²) in [6.07, 6.45) is 3.00. The van der Waals surface area contributed by atoms with Crippen molar-refractivity contribution < 1.29 is 23.9 Å². The second-order valence-electron chi connectivity index (χ2n) is 10.3. The van der Waals surface area contributed by atoms with E-state index in [1.165, 1.54) is 6.33 Å². The molecule has 10 nitrogen and oxygen atoms in total. The van der Waals surface area contributed by atoms with E-state index in [9.17, 15) is 14.4 Å². The Balaban J connectivity index is 0.00000560. The minimum Gasteiger partial charge on any atom is -0.464 e. The van der Waals surface area contributed by atoms with E-state index >= 15 is 0 Å². The number of carbonyl (C=O) groups excluding carboxylic acids is 3. The summed E-state index contributed by atoms with van der Waals surface area (Å²) in [5.41, 5.74) is 6.37. The van der Waals surface area contributed by atoms with Crippen LogP contribution in [0.25, 0.3) is 0 Å². The van der Waals surface area contributed by atoms with Crippen LogP contribution >= 0.6 is 0 Å². The molecule has 1 aromatic heterocycles. The Morgan fingerprint density at radius 3 is 2.23 bits per heavy atom. The monoisotopic (exact) mass is 551 g/mol. The smallest absolute Gasteiger partial charge is 0.333 e. The highest BCUT2D eigenvalue weighted by Crippen LogP contribution is 2.22. The number of benzene rings is 2. The molecular formula is C30H41N5O5. The Morgan fingerprint density at radius 2 is 1.62 bits per heavy atom. The Hall–Kier alpha value is -4.02. The number of ether oxygens (including phenoxy) is 2. The maximum atomic E-state index is 13.2. The summed E-state index contributed by atoms with van der Waals surface area (Å²) >= 11 is 0. The molecule has 4 N–H and O–H groups in total. The summed E-state index contributed by atoms with van der Waals surface area (Å²) in [5, 5.41) is 5.36. The summed E-state index contributed by atoms with van der Waals surface area (Å²) in [5.74, 6) is -1.10. The number of aromatic nitrogens is 2. The van der Waals surface area contributed by atoms with E-state index in [1.807, 2.05) is 74.5 Å². The summed E-state index contributed by atoms with van der Waals surface area (Å²) in [6, 6.07) is 16.8. The lowest BCUT2D eigenvalue weighted by Crippen LogP contribution is -2.56. The van der Waals surface area contributed by atoms with E-state index in [2.05, 4.69) is 15.6 Å². The third kappa shape index (κ3) is 9.62. The number of imidazole rings is 1. The average Bonchev–Trinajstić information content (AvgIpc) is 3.35. The van der Waals surface area contributed by atoms with Gasteiger partial charge in [0.05, 0.1) is 31.7 Å². The van der Waals surface area contributed by atoms with Crippen LogP contribution in [0, 0.1) is 5.92 Å². The first kappa shape index (κ1) is 32.2. The molecule has 2 amide bonds. The Kier molecular flexibility index (Phi) is 12.0. The highest BCUT2D eigenvalue weighted by atomic mass is 16.5. The highest BCUT2D eigenvalue weighted by Gasteiger charge is 2.29. The zero-order chi connectivity index (χ0) is 28.4. The molecule has 0 spiro atoms. The van der Waals surface area contributed by atoms with Gasteiger partial charge in [-0.2, -0.15) is 0 Å². The molecule has 2 aromatic carbocycles. The number of hydrogen-bond acceptors (Lipinski definition) is 7. The number of hydrogen-bond donors (Lipinski definition) is 3. The molecule has 0 saturated heterocycles. The fourth-order valence-electron chi connectivity index (χ4n) is 3.54. The summed E-state index contributed by atoms with van der Waals surface area (Å²) in [7, 11) is 0. The van der Waals surface area contributed by atoms with E-state index < -0.39 is 35.4 Å². The van der Waals surface area contributed by atoms with Crippen LogP contribution in [0.2, 0.25) is 0 Å². The van der Waals surface area contributed by atoms with Crippen molar-refractivity contribution in [2.24, 2.45) is 11.7 Å². The standard InChI is InChI=1S/C29H37N5O5.CH4/c1-20(2)16-39-27(36)25(22-13-9-6-10-14-22)34-15-24(31-19-34)33-26(35)23(32-28(37)29(3,4)30)18-38-17-21-11-7-5-8-12-21;/h5-15,19-20,23,25H,16-18,30H2,1-4H3,(H,32,37)(H,33,35);1H4. The number of amides is 2. The molecule has 3 aromatic rings. The van der Waals surface area contributed by atoms with Gasteiger partial charge in [0.15, 0.2) is 11.9 Å². The predicted molar refractivity (Wildman–Crippen MR) is 154 cm³/mol. The topological polar surface area (TPSA) is 138 Å². The van der Waals surface area contributed by atoms with Crippen molar-refractivity contribution in [1.29, 1.82) is 0 Å². The second kappa shape index (κ2) is 14.9. The fraction of sp³-hybridized carbons (Fsp3) is 0.400. The van der Waals surface area contributed by atoms with Crippen LogP contribution in [0.1, 0.15) is 52.3 Å². The number of nitrogens with zero attached hydrogens (tertiary/aromatic N) is 2. The van der Waals surface area contributed by atoms with Crippen LogP contribution in [0.4, 0.5) is 5.82 Å². The zero-order valence-corrected chi connectivity index (χ0v) is 22.8. The van der Waals surface area contributed by atoms with Crippen molar-refractivity contribution in [3.63, 3.8) is 0 Å². The van der Waals surface area contributed by atoms with Crippen LogP contribution in [-0.4, -0.2) is 52.1 Å². The third-order valence-electron chi connectivity index (χ3n) is 5.65. The molecule has 1 heterocycles. The van der Waals surface area contributed by atoms with Crippen molar-refractivity contribution >= 4 is 23.6 Å². The van der Waals surface area contributed by atoms with Gasteiger partial charge in [-0.25, -0.2) is 9.78 Å². The van der Waals surface area contributed by atoms with E-state index in [0.29, 0.717) is 5.56 Å². The molecule has 0 aliphatic carbocycles. The minimum atomic E-state index is -1.20. The molecule has 0 bridgehead atoms. The molecule has 216 valence electrons. The first-order chi connectivity index (χ1) is 18.5. The van der Waals surface area contributed by atoms with Gasteiger partial charge >= 0.3 is 5.97 Å². The average molecular weight is 552 g/mol. The van der Waals surface area contributed by atoms with E-state index in [-0.39, 0.29) is 39.0 Å².